The summed E-state index contributed by atoms with van der Waals surface area (Å²) in [7, 11) is -2.19. The smallest absolute Gasteiger partial charge is 0.335 e. The Kier molecular flexibility index (Phi) is 4.17. The summed E-state index contributed by atoms with van der Waals surface area (Å²) in [5, 5.41) is 10.6. The maximum absolute atomic E-state index is 12.3. The molecule has 1 N–H and O–H groups in total. The van der Waals surface area contributed by atoms with Crippen molar-refractivity contribution in [1.82, 2.24) is 9.29 Å². The van der Waals surface area contributed by atoms with E-state index in [9.17, 15) is 13.2 Å². The zero-order valence-electron chi connectivity index (χ0n) is 10.6. The van der Waals surface area contributed by atoms with Crippen molar-refractivity contribution in [2.75, 3.05) is 7.05 Å². The highest BCUT2D eigenvalue weighted by atomic mass is 32.2. The number of benzene rings is 1. The molecule has 1 aromatic carbocycles. The van der Waals surface area contributed by atoms with E-state index in [2.05, 4.69) is 4.98 Å². The summed E-state index contributed by atoms with van der Waals surface area (Å²) < 4.78 is 25.8. The third-order valence-corrected chi connectivity index (χ3v) is 5.13. The molecule has 0 atom stereocenters. The number of aromatic carboxylic acids is 1. The minimum Gasteiger partial charge on any atom is -0.478 e. The fourth-order valence-corrected chi connectivity index (χ4v) is 3.27. The summed E-state index contributed by atoms with van der Waals surface area (Å²) in [5.41, 5.74) is 2.35. The Morgan fingerprint density at radius 2 is 2.00 bits per heavy atom. The van der Waals surface area contributed by atoms with Gasteiger partial charge in [-0.1, -0.05) is 0 Å². The molecular formula is C12H12N2O4S2. The highest BCUT2D eigenvalue weighted by molar-refractivity contribution is 7.89. The van der Waals surface area contributed by atoms with Crippen molar-refractivity contribution in [3.8, 4) is 0 Å². The molecule has 0 spiro atoms. The highest BCUT2D eigenvalue weighted by Gasteiger charge is 2.21. The molecule has 0 aliphatic rings. The maximum Gasteiger partial charge on any atom is 0.335 e. The van der Waals surface area contributed by atoms with Crippen LogP contribution in [-0.4, -0.2) is 35.8 Å². The van der Waals surface area contributed by atoms with E-state index in [4.69, 9.17) is 5.11 Å². The predicted molar refractivity (Wildman–Crippen MR) is 74.2 cm³/mol. The van der Waals surface area contributed by atoms with E-state index in [1.807, 2.05) is 0 Å². The van der Waals surface area contributed by atoms with Crippen molar-refractivity contribution in [2.45, 2.75) is 11.4 Å². The number of carbonyl (C=O) groups is 1. The molecule has 0 aliphatic heterocycles. The van der Waals surface area contributed by atoms with Gasteiger partial charge in [0.25, 0.3) is 0 Å². The number of nitrogens with zero attached hydrogens (tertiary/aromatic N) is 2. The lowest BCUT2D eigenvalue weighted by Gasteiger charge is -2.16. The molecular weight excluding hydrogens is 300 g/mol. The molecule has 8 heteroatoms. The molecule has 0 saturated carbocycles. The first-order chi connectivity index (χ1) is 9.41. The van der Waals surface area contributed by atoms with Gasteiger partial charge in [0.2, 0.25) is 10.0 Å². The molecule has 2 aromatic rings. The Balaban J connectivity index is 2.23. The average molecular weight is 312 g/mol. The Bertz CT molecular complexity index is 694. The van der Waals surface area contributed by atoms with E-state index in [0.29, 0.717) is 5.69 Å². The van der Waals surface area contributed by atoms with E-state index < -0.39 is 16.0 Å². The largest absolute Gasteiger partial charge is 0.478 e. The van der Waals surface area contributed by atoms with Gasteiger partial charge in [-0.3, -0.25) is 0 Å². The van der Waals surface area contributed by atoms with Crippen molar-refractivity contribution >= 4 is 27.3 Å². The first-order valence-corrected chi connectivity index (χ1v) is 7.96. The fraction of sp³-hybridized carbons (Fsp3) is 0.167. The zero-order chi connectivity index (χ0) is 14.8. The molecule has 0 fully saturated rings. The Morgan fingerprint density at radius 1 is 1.35 bits per heavy atom. The van der Waals surface area contributed by atoms with E-state index in [1.54, 1.807) is 10.9 Å². The van der Waals surface area contributed by atoms with E-state index in [0.717, 1.165) is 0 Å². The first kappa shape index (κ1) is 14.6. The van der Waals surface area contributed by atoms with Crippen molar-refractivity contribution in [1.29, 1.82) is 0 Å². The van der Waals surface area contributed by atoms with Crippen molar-refractivity contribution in [3.63, 3.8) is 0 Å². The minimum atomic E-state index is -3.65. The van der Waals surface area contributed by atoms with E-state index in [1.165, 1.54) is 47.0 Å². The summed E-state index contributed by atoms with van der Waals surface area (Å²) in [5.74, 6) is -1.09. The molecule has 1 heterocycles. The second kappa shape index (κ2) is 5.70. The van der Waals surface area contributed by atoms with Crippen LogP contribution >= 0.6 is 11.3 Å². The average Bonchev–Trinajstić information content (AvgIpc) is 2.91. The summed E-state index contributed by atoms with van der Waals surface area (Å²) in [6, 6.07) is 5.12. The van der Waals surface area contributed by atoms with E-state index >= 15 is 0 Å². The molecule has 0 aliphatic carbocycles. The summed E-state index contributed by atoms with van der Waals surface area (Å²) >= 11 is 1.40. The van der Waals surface area contributed by atoms with Gasteiger partial charge in [-0.2, -0.15) is 4.31 Å². The number of carboxylic acid groups (broad SMARTS) is 1. The van der Waals surface area contributed by atoms with Gasteiger partial charge in [-0.15, -0.1) is 11.3 Å². The minimum absolute atomic E-state index is 0.0473. The molecule has 0 amide bonds. The maximum atomic E-state index is 12.3. The molecule has 106 valence electrons. The number of hydrogen-bond donors (Lipinski definition) is 1. The third kappa shape index (κ3) is 3.03. The van der Waals surface area contributed by atoms with Gasteiger partial charge in [0.15, 0.2) is 0 Å². The van der Waals surface area contributed by atoms with Gasteiger partial charge < -0.3 is 5.11 Å². The lowest BCUT2D eigenvalue weighted by Crippen LogP contribution is -2.26. The zero-order valence-corrected chi connectivity index (χ0v) is 12.2. The van der Waals surface area contributed by atoms with Crippen LogP contribution in [0, 0.1) is 0 Å². The summed E-state index contributed by atoms with van der Waals surface area (Å²) in [4.78, 5) is 14.8. The molecule has 0 radical (unpaired) electrons. The highest BCUT2D eigenvalue weighted by Crippen LogP contribution is 2.17. The van der Waals surface area contributed by atoms with Crippen LogP contribution in [0.4, 0.5) is 0 Å². The number of rotatable bonds is 5. The van der Waals surface area contributed by atoms with Gasteiger partial charge in [-0.25, -0.2) is 18.2 Å². The van der Waals surface area contributed by atoms with Crippen molar-refractivity contribution in [3.05, 3.63) is 46.4 Å². The number of hydrogen-bond acceptors (Lipinski definition) is 5. The van der Waals surface area contributed by atoms with Crippen molar-refractivity contribution < 1.29 is 18.3 Å². The van der Waals surface area contributed by atoms with Gasteiger partial charge in [0, 0.05) is 12.4 Å². The van der Waals surface area contributed by atoms with Crippen molar-refractivity contribution in [2.24, 2.45) is 0 Å². The van der Waals surface area contributed by atoms with Crippen LogP contribution in [0.15, 0.2) is 40.1 Å². The van der Waals surface area contributed by atoms with Gasteiger partial charge >= 0.3 is 5.97 Å². The van der Waals surface area contributed by atoms with E-state index in [-0.39, 0.29) is 17.0 Å². The first-order valence-electron chi connectivity index (χ1n) is 5.58. The fourth-order valence-electron chi connectivity index (χ4n) is 1.58. The molecule has 6 nitrogen and oxygen atoms in total. The number of sulfonamides is 1. The normalized spacial score (nSPS) is 11.7. The Hall–Kier alpha value is -1.77. The van der Waals surface area contributed by atoms with Crippen LogP contribution in [-0.2, 0) is 16.6 Å². The Morgan fingerprint density at radius 3 is 2.50 bits per heavy atom. The molecule has 20 heavy (non-hydrogen) atoms. The molecule has 0 bridgehead atoms. The summed E-state index contributed by atoms with van der Waals surface area (Å²) in [6.07, 6.45) is 0. The van der Waals surface area contributed by atoms with Crippen LogP contribution in [0.1, 0.15) is 16.1 Å². The second-order valence-corrected chi connectivity index (χ2v) is 6.83. The Labute approximate surface area is 120 Å². The standard InChI is InChI=1S/C12H12N2O4S2/c1-14(6-10-7-19-8-13-10)20(17,18)11-4-2-9(3-5-11)12(15)16/h2-5,7-8H,6H2,1H3,(H,15,16). The third-order valence-electron chi connectivity index (χ3n) is 2.68. The quantitative estimate of drug-likeness (QED) is 0.907. The lowest BCUT2D eigenvalue weighted by molar-refractivity contribution is 0.0696. The van der Waals surface area contributed by atoms with Crippen LogP contribution < -0.4 is 0 Å². The molecule has 2 rings (SSSR count). The van der Waals surface area contributed by atoms with Gasteiger partial charge in [0.05, 0.1) is 28.2 Å². The van der Waals surface area contributed by atoms with Gasteiger partial charge in [0.1, 0.15) is 0 Å². The monoisotopic (exact) mass is 312 g/mol. The predicted octanol–water partition coefficient (Wildman–Crippen LogP) is 1.66. The number of thiazole rings is 1. The van der Waals surface area contributed by atoms with Crippen LogP contribution in [0.3, 0.4) is 0 Å². The van der Waals surface area contributed by atoms with Crippen LogP contribution in [0.2, 0.25) is 0 Å². The summed E-state index contributed by atoms with van der Waals surface area (Å²) in [6.45, 7) is 0.173. The lowest BCUT2D eigenvalue weighted by atomic mass is 10.2. The van der Waals surface area contributed by atoms with Crippen LogP contribution in [0.25, 0.3) is 0 Å². The molecule has 0 unspecified atom stereocenters. The van der Waals surface area contributed by atoms with Crippen LogP contribution in [0.5, 0.6) is 0 Å². The second-order valence-electron chi connectivity index (χ2n) is 4.07. The number of aromatic nitrogens is 1. The number of carboxylic acids is 1. The molecule has 0 saturated heterocycles. The SMILES string of the molecule is CN(Cc1cscn1)S(=O)(=O)c1ccc(C(=O)O)cc1. The topological polar surface area (TPSA) is 87.6 Å². The molecule has 1 aromatic heterocycles. The van der Waals surface area contributed by atoms with Gasteiger partial charge in [-0.05, 0) is 24.3 Å².